The highest BCUT2D eigenvalue weighted by Gasteiger charge is 2.25. The molecule has 1 aromatic carbocycles. The molecule has 0 saturated heterocycles. The Kier molecular flexibility index (Phi) is 2.36. The summed E-state index contributed by atoms with van der Waals surface area (Å²) in [5.41, 5.74) is 8.76. The lowest BCUT2D eigenvalue weighted by Gasteiger charge is -2.31. The van der Waals surface area contributed by atoms with Gasteiger partial charge in [-0.1, -0.05) is 36.2 Å². The van der Waals surface area contributed by atoms with E-state index in [4.69, 9.17) is 5.73 Å². The molecule has 1 nitrogen and oxygen atoms in total. The van der Waals surface area contributed by atoms with Crippen molar-refractivity contribution in [2.24, 2.45) is 11.7 Å². The average Bonchev–Trinajstić information content (AvgIpc) is 2.02. The lowest BCUT2D eigenvalue weighted by atomic mass is 9.77. The smallest absolute Gasteiger partial charge is 0.0323 e. The van der Waals surface area contributed by atoms with Crippen molar-refractivity contribution in [3.8, 4) is 0 Å². The van der Waals surface area contributed by atoms with Gasteiger partial charge in [0.2, 0.25) is 0 Å². The minimum absolute atomic E-state index is 0.273. The van der Waals surface area contributed by atoms with Gasteiger partial charge in [0.05, 0.1) is 0 Å². The van der Waals surface area contributed by atoms with Crippen molar-refractivity contribution in [2.75, 3.05) is 0 Å². The van der Waals surface area contributed by atoms with E-state index in [0.717, 1.165) is 5.92 Å². The van der Waals surface area contributed by atoms with Crippen LogP contribution in [0, 0.1) is 12.8 Å². The molecule has 0 amide bonds. The lowest BCUT2D eigenvalue weighted by Crippen LogP contribution is -2.26. The summed E-state index contributed by atoms with van der Waals surface area (Å²) in [5.74, 6) is 0.739. The Balaban J connectivity index is 2.10. The van der Waals surface area contributed by atoms with Crippen molar-refractivity contribution in [1.29, 1.82) is 0 Å². The van der Waals surface area contributed by atoms with Crippen LogP contribution in [0.1, 0.15) is 36.4 Å². The van der Waals surface area contributed by atoms with Crippen LogP contribution in [0.3, 0.4) is 0 Å². The highest BCUT2D eigenvalue weighted by molar-refractivity contribution is 5.24. The second kappa shape index (κ2) is 3.51. The van der Waals surface area contributed by atoms with E-state index in [1.165, 1.54) is 30.4 Å². The Hall–Kier alpha value is -0.820. The summed E-state index contributed by atoms with van der Waals surface area (Å²) < 4.78 is 0. The van der Waals surface area contributed by atoms with Crippen molar-refractivity contribution < 1.29 is 0 Å². The van der Waals surface area contributed by atoms with E-state index >= 15 is 0 Å². The number of benzene rings is 1. The van der Waals surface area contributed by atoms with E-state index in [9.17, 15) is 0 Å². The molecule has 1 aliphatic rings. The first kappa shape index (κ1) is 8.76. The molecule has 0 spiro atoms. The molecule has 2 N–H and O–H groups in total. The van der Waals surface area contributed by atoms with Crippen molar-refractivity contribution >= 4 is 0 Å². The van der Waals surface area contributed by atoms with Gasteiger partial charge in [-0.3, -0.25) is 0 Å². The standard InChI is InChI=1S/C12H17N/c1-9-5-7-11(8-6-9)12(13)10-3-2-4-10/h5-8,10,12H,2-4,13H2,1H3/t12-/m0/s1. The zero-order valence-corrected chi connectivity index (χ0v) is 8.16. The molecule has 1 fully saturated rings. The number of aryl methyl sites for hydroxylation is 1. The van der Waals surface area contributed by atoms with Crippen LogP contribution >= 0.6 is 0 Å². The fourth-order valence-electron chi connectivity index (χ4n) is 1.86. The minimum Gasteiger partial charge on any atom is -0.324 e. The quantitative estimate of drug-likeness (QED) is 0.735. The Morgan fingerprint density at radius 1 is 1.23 bits per heavy atom. The van der Waals surface area contributed by atoms with Crippen LogP contribution in [0.2, 0.25) is 0 Å². The van der Waals surface area contributed by atoms with Gasteiger partial charge in [0.15, 0.2) is 0 Å². The van der Waals surface area contributed by atoms with Crippen LogP contribution in [-0.4, -0.2) is 0 Å². The highest BCUT2D eigenvalue weighted by Crippen LogP contribution is 2.35. The van der Waals surface area contributed by atoms with E-state index in [2.05, 4.69) is 31.2 Å². The normalized spacial score (nSPS) is 19.5. The summed E-state index contributed by atoms with van der Waals surface area (Å²) in [5, 5.41) is 0. The molecule has 1 heteroatoms. The number of hydrogen-bond acceptors (Lipinski definition) is 1. The van der Waals surface area contributed by atoms with Crippen molar-refractivity contribution in [1.82, 2.24) is 0 Å². The van der Waals surface area contributed by atoms with Gasteiger partial charge in [0.25, 0.3) is 0 Å². The maximum absolute atomic E-state index is 6.15. The third kappa shape index (κ3) is 1.75. The van der Waals surface area contributed by atoms with E-state index in [1.807, 2.05) is 0 Å². The molecule has 0 radical (unpaired) electrons. The average molecular weight is 175 g/mol. The Bertz CT molecular complexity index is 272. The summed E-state index contributed by atoms with van der Waals surface area (Å²) in [6.45, 7) is 2.11. The predicted molar refractivity (Wildman–Crippen MR) is 55.4 cm³/mol. The molecule has 2 rings (SSSR count). The Morgan fingerprint density at radius 3 is 2.31 bits per heavy atom. The van der Waals surface area contributed by atoms with Gasteiger partial charge in [-0.05, 0) is 31.2 Å². The van der Waals surface area contributed by atoms with Crippen LogP contribution < -0.4 is 5.73 Å². The SMILES string of the molecule is Cc1ccc([C@@H](N)C2CCC2)cc1. The van der Waals surface area contributed by atoms with Gasteiger partial charge in [-0.2, -0.15) is 0 Å². The number of hydrogen-bond donors (Lipinski definition) is 1. The molecular formula is C12H17N. The van der Waals surface area contributed by atoms with Crippen LogP contribution in [0.15, 0.2) is 24.3 Å². The third-order valence-electron chi connectivity index (χ3n) is 3.12. The maximum atomic E-state index is 6.15. The summed E-state index contributed by atoms with van der Waals surface area (Å²) >= 11 is 0. The van der Waals surface area contributed by atoms with Crippen molar-refractivity contribution in [3.05, 3.63) is 35.4 Å². The van der Waals surface area contributed by atoms with E-state index in [0.29, 0.717) is 0 Å². The first-order valence-corrected chi connectivity index (χ1v) is 5.09. The maximum Gasteiger partial charge on any atom is 0.0323 e. The van der Waals surface area contributed by atoms with Gasteiger partial charge >= 0.3 is 0 Å². The number of rotatable bonds is 2. The van der Waals surface area contributed by atoms with Gasteiger partial charge in [-0.25, -0.2) is 0 Å². The molecule has 1 aliphatic carbocycles. The molecule has 0 aliphatic heterocycles. The van der Waals surface area contributed by atoms with Gasteiger partial charge < -0.3 is 5.73 Å². The largest absolute Gasteiger partial charge is 0.324 e. The molecule has 0 heterocycles. The topological polar surface area (TPSA) is 26.0 Å². The van der Waals surface area contributed by atoms with Crippen LogP contribution in [0.5, 0.6) is 0 Å². The molecule has 1 aromatic rings. The molecule has 70 valence electrons. The van der Waals surface area contributed by atoms with E-state index in [-0.39, 0.29) is 6.04 Å². The molecule has 1 saturated carbocycles. The van der Waals surface area contributed by atoms with E-state index < -0.39 is 0 Å². The van der Waals surface area contributed by atoms with E-state index in [1.54, 1.807) is 0 Å². The van der Waals surface area contributed by atoms with Gasteiger partial charge in [0, 0.05) is 6.04 Å². The summed E-state index contributed by atoms with van der Waals surface area (Å²) in [6.07, 6.45) is 3.99. The molecule has 1 atom stereocenters. The van der Waals surface area contributed by atoms with Crippen LogP contribution in [0.25, 0.3) is 0 Å². The second-order valence-corrected chi connectivity index (χ2v) is 4.13. The van der Waals surface area contributed by atoms with Crippen molar-refractivity contribution in [3.63, 3.8) is 0 Å². The molecule has 0 unspecified atom stereocenters. The van der Waals surface area contributed by atoms with Crippen LogP contribution in [0.4, 0.5) is 0 Å². The highest BCUT2D eigenvalue weighted by atomic mass is 14.7. The monoisotopic (exact) mass is 175 g/mol. The first-order valence-electron chi connectivity index (χ1n) is 5.09. The minimum atomic E-state index is 0.273. The van der Waals surface area contributed by atoms with Crippen molar-refractivity contribution in [2.45, 2.75) is 32.2 Å². The molecule has 0 aromatic heterocycles. The predicted octanol–water partition coefficient (Wildman–Crippen LogP) is 2.79. The fraction of sp³-hybridized carbons (Fsp3) is 0.500. The second-order valence-electron chi connectivity index (χ2n) is 4.13. The first-order chi connectivity index (χ1) is 6.27. The summed E-state index contributed by atoms with van der Waals surface area (Å²) in [7, 11) is 0. The number of nitrogens with two attached hydrogens (primary N) is 1. The zero-order valence-electron chi connectivity index (χ0n) is 8.16. The zero-order chi connectivity index (χ0) is 9.26. The molecule has 13 heavy (non-hydrogen) atoms. The Morgan fingerprint density at radius 2 is 1.85 bits per heavy atom. The fourth-order valence-corrected chi connectivity index (χ4v) is 1.86. The summed E-state index contributed by atoms with van der Waals surface area (Å²) in [6, 6.07) is 8.90. The van der Waals surface area contributed by atoms with Gasteiger partial charge in [-0.15, -0.1) is 0 Å². The third-order valence-corrected chi connectivity index (χ3v) is 3.12. The van der Waals surface area contributed by atoms with Gasteiger partial charge in [0.1, 0.15) is 0 Å². The van der Waals surface area contributed by atoms with Crippen LogP contribution in [-0.2, 0) is 0 Å². The molecular weight excluding hydrogens is 158 g/mol. The Labute approximate surface area is 80.0 Å². The summed E-state index contributed by atoms with van der Waals surface area (Å²) in [4.78, 5) is 0. The lowest BCUT2D eigenvalue weighted by molar-refractivity contribution is 0.264. The molecule has 0 bridgehead atoms.